The Kier molecular flexibility index (Phi) is 6.60. The van der Waals surface area contributed by atoms with Crippen molar-refractivity contribution in [2.75, 3.05) is 12.4 Å². The summed E-state index contributed by atoms with van der Waals surface area (Å²) >= 11 is 1.42. The van der Waals surface area contributed by atoms with Gasteiger partial charge in [-0.3, -0.25) is 10.1 Å². The lowest BCUT2D eigenvalue weighted by Crippen LogP contribution is -2.26. The Morgan fingerprint density at radius 3 is 2.36 bits per heavy atom. The van der Waals surface area contributed by atoms with E-state index in [-0.39, 0.29) is 17.3 Å². The fraction of sp³-hybridized carbons (Fsp3) is 0.200. The maximum Gasteiger partial charge on any atom is 0.257 e. The first-order valence-corrected chi connectivity index (χ1v) is 12.8. The number of thiazole rings is 1. The van der Waals surface area contributed by atoms with Crippen molar-refractivity contribution < 1.29 is 13.2 Å². The SMILES string of the molecule is CC(C)c1cccc2sc(NC(=O)c3ccc(S(=O)(=O)N(C)Cc4ccccc4)cc3)nc12. The monoisotopic (exact) mass is 479 g/mol. The number of amides is 1. The molecule has 170 valence electrons. The second-order valence-corrected chi connectivity index (χ2v) is 11.2. The molecule has 0 saturated heterocycles. The van der Waals surface area contributed by atoms with Crippen LogP contribution < -0.4 is 5.32 Å². The Morgan fingerprint density at radius 1 is 1.00 bits per heavy atom. The molecule has 33 heavy (non-hydrogen) atoms. The van der Waals surface area contributed by atoms with E-state index in [9.17, 15) is 13.2 Å². The first-order chi connectivity index (χ1) is 15.8. The van der Waals surface area contributed by atoms with Gasteiger partial charge in [-0.25, -0.2) is 13.4 Å². The van der Waals surface area contributed by atoms with Crippen LogP contribution in [-0.4, -0.2) is 30.7 Å². The number of fused-ring (bicyclic) bond motifs is 1. The van der Waals surface area contributed by atoms with Gasteiger partial charge in [-0.2, -0.15) is 4.31 Å². The number of nitrogens with zero attached hydrogens (tertiary/aromatic N) is 2. The van der Waals surface area contributed by atoms with Gasteiger partial charge >= 0.3 is 0 Å². The molecule has 1 aromatic heterocycles. The van der Waals surface area contributed by atoms with Crippen molar-refractivity contribution in [3.8, 4) is 0 Å². The summed E-state index contributed by atoms with van der Waals surface area (Å²) in [6.07, 6.45) is 0. The van der Waals surface area contributed by atoms with Crippen LogP contribution in [0.1, 0.15) is 41.3 Å². The van der Waals surface area contributed by atoms with Crippen LogP contribution in [0.25, 0.3) is 10.2 Å². The minimum Gasteiger partial charge on any atom is -0.298 e. The van der Waals surface area contributed by atoms with Crippen LogP contribution in [0.5, 0.6) is 0 Å². The van der Waals surface area contributed by atoms with Crippen LogP contribution >= 0.6 is 11.3 Å². The largest absolute Gasteiger partial charge is 0.298 e. The van der Waals surface area contributed by atoms with E-state index in [4.69, 9.17) is 0 Å². The number of benzene rings is 3. The van der Waals surface area contributed by atoms with Crippen LogP contribution in [-0.2, 0) is 16.6 Å². The molecule has 4 rings (SSSR count). The third-order valence-electron chi connectivity index (χ3n) is 5.37. The quantitative estimate of drug-likeness (QED) is 0.380. The molecule has 6 nitrogen and oxygen atoms in total. The molecule has 3 aromatic carbocycles. The van der Waals surface area contributed by atoms with Gasteiger partial charge in [-0.15, -0.1) is 0 Å². The van der Waals surface area contributed by atoms with E-state index in [0.29, 0.717) is 16.6 Å². The number of anilines is 1. The van der Waals surface area contributed by atoms with Gasteiger partial charge in [0.1, 0.15) is 0 Å². The fourth-order valence-electron chi connectivity index (χ4n) is 3.54. The smallest absolute Gasteiger partial charge is 0.257 e. The molecule has 0 fully saturated rings. The van der Waals surface area contributed by atoms with E-state index >= 15 is 0 Å². The minimum atomic E-state index is -3.68. The summed E-state index contributed by atoms with van der Waals surface area (Å²) in [5, 5.41) is 3.35. The van der Waals surface area contributed by atoms with Crippen LogP contribution in [0.15, 0.2) is 77.7 Å². The van der Waals surface area contributed by atoms with Crippen LogP contribution in [0.3, 0.4) is 0 Å². The van der Waals surface area contributed by atoms with E-state index < -0.39 is 10.0 Å². The van der Waals surface area contributed by atoms with Crippen LogP contribution in [0.2, 0.25) is 0 Å². The summed E-state index contributed by atoms with van der Waals surface area (Å²) in [5.74, 6) is -0.00407. The number of carbonyl (C=O) groups excluding carboxylic acids is 1. The summed E-state index contributed by atoms with van der Waals surface area (Å²) in [7, 11) is -2.13. The number of nitrogens with one attached hydrogen (secondary N) is 1. The molecule has 0 aliphatic rings. The second-order valence-electron chi connectivity index (χ2n) is 8.09. The molecular formula is C25H25N3O3S2. The molecule has 1 heterocycles. The van der Waals surface area contributed by atoms with E-state index in [0.717, 1.165) is 21.3 Å². The first kappa shape index (κ1) is 23.1. The van der Waals surface area contributed by atoms with Gasteiger partial charge in [-0.1, -0.05) is 67.6 Å². The molecule has 1 N–H and O–H groups in total. The summed E-state index contributed by atoms with van der Waals surface area (Å²) < 4.78 is 28.1. The topological polar surface area (TPSA) is 79.4 Å². The van der Waals surface area contributed by atoms with Crippen LogP contribution in [0, 0.1) is 0 Å². The van der Waals surface area contributed by atoms with Gasteiger partial charge in [0.05, 0.1) is 15.1 Å². The Balaban J connectivity index is 1.49. The predicted octanol–water partition coefficient (Wildman–Crippen LogP) is 5.49. The lowest BCUT2D eigenvalue weighted by molar-refractivity contribution is 0.102. The number of hydrogen-bond donors (Lipinski definition) is 1. The van der Waals surface area contributed by atoms with Crippen molar-refractivity contribution in [1.82, 2.24) is 9.29 Å². The molecule has 4 aromatic rings. The molecule has 0 bridgehead atoms. The molecule has 0 spiro atoms. The van der Waals surface area contributed by atoms with E-state index in [2.05, 4.69) is 24.1 Å². The van der Waals surface area contributed by atoms with Gasteiger partial charge in [0, 0.05) is 19.2 Å². The summed E-state index contributed by atoms with van der Waals surface area (Å²) in [5.41, 5.74) is 3.30. The standard InChI is InChI=1S/C25H25N3O3S2/c1-17(2)21-10-7-11-22-23(21)26-25(32-22)27-24(29)19-12-14-20(15-13-19)33(30,31)28(3)16-18-8-5-4-6-9-18/h4-15,17H,16H2,1-3H3,(H,26,27,29). The average Bonchev–Trinajstić information content (AvgIpc) is 3.22. The highest BCUT2D eigenvalue weighted by molar-refractivity contribution is 7.89. The van der Waals surface area contributed by atoms with E-state index in [1.54, 1.807) is 7.05 Å². The molecule has 0 saturated carbocycles. The van der Waals surface area contributed by atoms with Crippen molar-refractivity contribution >= 4 is 42.6 Å². The Hall–Kier alpha value is -3.07. The summed E-state index contributed by atoms with van der Waals surface area (Å²) in [6.45, 7) is 4.49. The highest BCUT2D eigenvalue weighted by atomic mass is 32.2. The Morgan fingerprint density at radius 2 is 1.70 bits per heavy atom. The van der Waals surface area contributed by atoms with Gasteiger partial charge < -0.3 is 0 Å². The zero-order valence-electron chi connectivity index (χ0n) is 18.6. The van der Waals surface area contributed by atoms with E-state index in [1.807, 2.05) is 48.5 Å². The normalized spacial score (nSPS) is 11.9. The minimum absolute atomic E-state index is 0.138. The van der Waals surface area contributed by atoms with E-state index in [1.165, 1.54) is 39.9 Å². The third kappa shape index (κ3) is 4.98. The number of aromatic nitrogens is 1. The zero-order chi connectivity index (χ0) is 23.6. The molecule has 8 heteroatoms. The number of sulfonamides is 1. The second kappa shape index (κ2) is 9.43. The summed E-state index contributed by atoms with van der Waals surface area (Å²) in [6, 6.07) is 21.4. The van der Waals surface area contributed by atoms with Crippen molar-refractivity contribution in [2.45, 2.75) is 31.2 Å². The lowest BCUT2D eigenvalue weighted by Gasteiger charge is -2.17. The molecule has 0 aliphatic heterocycles. The Labute approximate surface area is 198 Å². The highest BCUT2D eigenvalue weighted by Gasteiger charge is 2.21. The molecule has 0 unspecified atom stereocenters. The maximum atomic E-state index is 12.9. The fourth-order valence-corrected chi connectivity index (χ4v) is 5.60. The number of carbonyl (C=O) groups is 1. The maximum absolute atomic E-state index is 12.9. The number of para-hydroxylation sites is 1. The van der Waals surface area contributed by atoms with Crippen molar-refractivity contribution in [3.05, 3.63) is 89.5 Å². The summed E-state index contributed by atoms with van der Waals surface area (Å²) in [4.78, 5) is 17.5. The first-order valence-electron chi connectivity index (χ1n) is 10.6. The molecule has 0 atom stereocenters. The van der Waals surface area contributed by atoms with Gasteiger partial charge in [0.15, 0.2) is 5.13 Å². The molecular weight excluding hydrogens is 454 g/mol. The number of rotatable bonds is 7. The van der Waals surface area contributed by atoms with Crippen molar-refractivity contribution in [1.29, 1.82) is 0 Å². The van der Waals surface area contributed by atoms with Crippen molar-refractivity contribution in [3.63, 3.8) is 0 Å². The molecule has 0 radical (unpaired) electrons. The van der Waals surface area contributed by atoms with Gasteiger partial charge in [-0.05, 0) is 47.4 Å². The number of hydrogen-bond acceptors (Lipinski definition) is 5. The molecule has 0 aliphatic carbocycles. The molecule has 1 amide bonds. The predicted molar refractivity (Wildman–Crippen MR) is 133 cm³/mol. The van der Waals surface area contributed by atoms with Gasteiger partial charge in [0.2, 0.25) is 10.0 Å². The van der Waals surface area contributed by atoms with Crippen LogP contribution in [0.4, 0.5) is 5.13 Å². The zero-order valence-corrected chi connectivity index (χ0v) is 20.3. The van der Waals surface area contributed by atoms with Gasteiger partial charge in [0.25, 0.3) is 5.91 Å². The third-order valence-corrected chi connectivity index (χ3v) is 8.12. The lowest BCUT2D eigenvalue weighted by atomic mass is 10.0. The average molecular weight is 480 g/mol. The highest BCUT2D eigenvalue weighted by Crippen LogP contribution is 2.31. The van der Waals surface area contributed by atoms with Crippen molar-refractivity contribution in [2.24, 2.45) is 0 Å². The Bertz CT molecular complexity index is 1380.